The van der Waals surface area contributed by atoms with Gasteiger partial charge in [0.05, 0.1) is 24.4 Å². The van der Waals surface area contributed by atoms with Crippen molar-refractivity contribution in [3.05, 3.63) is 41.3 Å². The molecule has 2 aromatic rings. The topological polar surface area (TPSA) is 72.3 Å². The van der Waals surface area contributed by atoms with Gasteiger partial charge >= 0.3 is 0 Å². The van der Waals surface area contributed by atoms with E-state index in [0.717, 1.165) is 0 Å². The molecule has 1 N–H and O–H groups in total. The molecule has 0 radical (unpaired) electrons. The van der Waals surface area contributed by atoms with Crippen LogP contribution in [0.15, 0.2) is 24.3 Å². The molecule has 1 aromatic carbocycles. The quantitative estimate of drug-likeness (QED) is 0.886. The average Bonchev–Trinajstić information content (AvgIpc) is 3.14. The summed E-state index contributed by atoms with van der Waals surface area (Å²) >= 11 is 0. The number of halogens is 1. The van der Waals surface area contributed by atoms with Crippen LogP contribution in [0.4, 0.5) is 10.2 Å². The van der Waals surface area contributed by atoms with E-state index < -0.39 is 0 Å². The summed E-state index contributed by atoms with van der Waals surface area (Å²) in [6, 6.07) is 6.26. The number of likely N-dealkylation sites (N-methyl/N-ethyl adjacent to an activating group) is 1. The first-order valence-corrected chi connectivity index (χ1v) is 8.17. The maximum absolute atomic E-state index is 13.8. The average molecular weight is 347 g/mol. The Hall–Kier alpha value is -2.32. The van der Waals surface area contributed by atoms with Crippen LogP contribution in [0.25, 0.3) is 0 Å². The molecule has 0 aliphatic carbocycles. The van der Waals surface area contributed by atoms with E-state index in [9.17, 15) is 9.18 Å². The van der Waals surface area contributed by atoms with Crippen molar-refractivity contribution in [1.82, 2.24) is 19.9 Å². The van der Waals surface area contributed by atoms with E-state index in [-0.39, 0.29) is 30.4 Å². The number of aromatic nitrogens is 3. The van der Waals surface area contributed by atoms with Gasteiger partial charge in [0.2, 0.25) is 5.91 Å². The number of ether oxygens (including phenoxy) is 1. The Labute approximate surface area is 145 Å². The highest BCUT2D eigenvalue weighted by Crippen LogP contribution is 2.20. The number of nitrogens with zero attached hydrogens (tertiary/aromatic N) is 4. The van der Waals surface area contributed by atoms with Crippen LogP contribution < -0.4 is 5.32 Å². The molecule has 8 heteroatoms. The number of amides is 1. The molecule has 0 spiro atoms. The smallest absolute Gasteiger partial charge is 0.243 e. The molecule has 1 fully saturated rings. The summed E-state index contributed by atoms with van der Waals surface area (Å²) in [5.41, 5.74) is 1.20. The lowest BCUT2D eigenvalue weighted by Gasteiger charge is -2.17. The predicted molar refractivity (Wildman–Crippen MR) is 90.7 cm³/mol. The van der Waals surface area contributed by atoms with Crippen molar-refractivity contribution in [1.29, 1.82) is 0 Å². The van der Waals surface area contributed by atoms with E-state index in [1.54, 1.807) is 36.9 Å². The van der Waals surface area contributed by atoms with Gasteiger partial charge in [-0.1, -0.05) is 23.4 Å². The summed E-state index contributed by atoms with van der Waals surface area (Å²) in [5.74, 6) is -0.0279. The van der Waals surface area contributed by atoms with Crippen molar-refractivity contribution < 1.29 is 13.9 Å². The molecule has 0 unspecified atom stereocenters. The van der Waals surface area contributed by atoms with Crippen LogP contribution in [0.5, 0.6) is 0 Å². The highest BCUT2D eigenvalue weighted by atomic mass is 19.1. The lowest BCUT2D eigenvalue weighted by Crippen LogP contribution is -2.37. The molecule has 3 rings (SSSR count). The van der Waals surface area contributed by atoms with Crippen LogP contribution in [0.2, 0.25) is 0 Å². The molecule has 1 saturated heterocycles. The molecule has 25 heavy (non-hydrogen) atoms. The van der Waals surface area contributed by atoms with Gasteiger partial charge in [-0.15, -0.1) is 5.10 Å². The van der Waals surface area contributed by atoms with E-state index in [2.05, 4.69) is 15.6 Å². The second-order valence-electron chi connectivity index (χ2n) is 6.31. The molecule has 0 bridgehead atoms. The minimum atomic E-state index is -0.291. The van der Waals surface area contributed by atoms with Gasteiger partial charge in [0.15, 0.2) is 5.82 Å². The molecule has 1 amide bonds. The normalized spacial score (nSPS) is 20.8. The maximum Gasteiger partial charge on any atom is 0.243 e. The van der Waals surface area contributed by atoms with Crippen molar-refractivity contribution in [2.45, 2.75) is 32.0 Å². The van der Waals surface area contributed by atoms with Crippen molar-refractivity contribution in [3.63, 3.8) is 0 Å². The summed E-state index contributed by atoms with van der Waals surface area (Å²) in [5, 5.41) is 10.9. The number of benzene rings is 1. The third-order valence-electron chi connectivity index (χ3n) is 4.65. The number of anilines is 1. The van der Waals surface area contributed by atoms with E-state index in [0.29, 0.717) is 30.0 Å². The van der Waals surface area contributed by atoms with Gasteiger partial charge in [-0.05, 0) is 26.5 Å². The highest BCUT2D eigenvalue weighted by molar-refractivity contribution is 5.94. The third kappa shape index (κ3) is 3.69. The molecule has 2 atom stereocenters. The van der Waals surface area contributed by atoms with Crippen LogP contribution >= 0.6 is 0 Å². The minimum Gasteiger partial charge on any atom is -0.380 e. The second-order valence-corrected chi connectivity index (χ2v) is 6.31. The van der Waals surface area contributed by atoms with Gasteiger partial charge < -0.3 is 10.1 Å². The Morgan fingerprint density at radius 3 is 2.88 bits per heavy atom. The summed E-state index contributed by atoms with van der Waals surface area (Å²) in [6.45, 7) is 2.77. The standard InChI is InChI=1S/C17H22FN5O2/c1-11-16(19-17(24)15-8-13(25-3)10-22(15)2)20-21-23(11)9-12-6-4-5-7-14(12)18/h4-7,13,15H,8-10H2,1-3H3,(H,19,24)/t13-,15-/m0/s1. The van der Waals surface area contributed by atoms with E-state index in [1.807, 2.05) is 11.9 Å². The Kier molecular flexibility index (Phi) is 5.10. The first-order chi connectivity index (χ1) is 12.0. The van der Waals surface area contributed by atoms with E-state index in [4.69, 9.17) is 4.74 Å². The van der Waals surface area contributed by atoms with Gasteiger partial charge in [0.25, 0.3) is 0 Å². The summed E-state index contributed by atoms with van der Waals surface area (Å²) < 4.78 is 20.7. The van der Waals surface area contributed by atoms with Crippen LogP contribution in [0.1, 0.15) is 17.7 Å². The second kappa shape index (κ2) is 7.28. The van der Waals surface area contributed by atoms with Crippen LogP contribution in [-0.4, -0.2) is 58.6 Å². The van der Waals surface area contributed by atoms with Gasteiger partial charge in [0.1, 0.15) is 5.82 Å². The molecule has 7 nitrogen and oxygen atoms in total. The zero-order valence-electron chi connectivity index (χ0n) is 14.6. The van der Waals surface area contributed by atoms with Crippen molar-refractivity contribution >= 4 is 11.7 Å². The SMILES string of the molecule is CO[C@H]1C[C@@H](C(=O)Nc2nnn(Cc3ccccc3F)c2C)N(C)C1. The van der Waals surface area contributed by atoms with E-state index >= 15 is 0 Å². The number of hydrogen-bond donors (Lipinski definition) is 1. The van der Waals surface area contributed by atoms with Crippen LogP contribution in [-0.2, 0) is 16.1 Å². The number of carbonyl (C=O) groups excluding carboxylic acids is 1. The lowest BCUT2D eigenvalue weighted by atomic mass is 10.2. The lowest BCUT2D eigenvalue weighted by molar-refractivity contribution is -0.120. The Bertz CT molecular complexity index is 763. The molecule has 1 aliphatic rings. The number of methoxy groups -OCH3 is 1. The number of nitrogens with one attached hydrogen (secondary N) is 1. The molecule has 1 aromatic heterocycles. The number of hydrogen-bond acceptors (Lipinski definition) is 5. The Balaban J connectivity index is 1.69. The third-order valence-corrected chi connectivity index (χ3v) is 4.65. The van der Waals surface area contributed by atoms with Crippen molar-refractivity contribution in [2.24, 2.45) is 0 Å². The largest absolute Gasteiger partial charge is 0.380 e. The first-order valence-electron chi connectivity index (χ1n) is 8.17. The van der Waals surface area contributed by atoms with Gasteiger partial charge in [-0.2, -0.15) is 0 Å². The predicted octanol–water partition coefficient (Wildman–Crippen LogP) is 1.43. The first kappa shape index (κ1) is 17.5. The minimum absolute atomic E-state index is 0.0542. The summed E-state index contributed by atoms with van der Waals surface area (Å²) in [6.07, 6.45) is 0.694. The van der Waals surface area contributed by atoms with Gasteiger partial charge in [-0.25, -0.2) is 9.07 Å². The fraction of sp³-hybridized carbons (Fsp3) is 0.471. The zero-order chi connectivity index (χ0) is 18.0. The van der Waals surface area contributed by atoms with E-state index in [1.165, 1.54) is 6.07 Å². The molecule has 1 aliphatic heterocycles. The number of likely N-dealkylation sites (tertiary alicyclic amines) is 1. The van der Waals surface area contributed by atoms with Gasteiger partial charge in [-0.3, -0.25) is 9.69 Å². The molecule has 134 valence electrons. The van der Waals surface area contributed by atoms with Crippen LogP contribution in [0.3, 0.4) is 0 Å². The number of rotatable bonds is 5. The number of carbonyl (C=O) groups is 1. The van der Waals surface area contributed by atoms with Crippen molar-refractivity contribution in [2.75, 3.05) is 26.0 Å². The highest BCUT2D eigenvalue weighted by Gasteiger charge is 2.35. The summed E-state index contributed by atoms with van der Waals surface area (Å²) in [4.78, 5) is 14.5. The molecular formula is C17H22FN5O2. The Morgan fingerprint density at radius 1 is 1.44 bits per heavy atom. The fourth-order valence-electron chi connectivity index (χ4n) is 3.04. The van der Waals surface area contributed by atoms with Gasteiger partial charge in [0, 0.05) is 19.2 Å². The molecule has 0 saturated carbocycles. The zero-order valence-corrected chi connectivity index (χ0v) is 14.6. The Morgan fingerprint density at radius 2 is 2.20 bits per heavy atom. The fourth-order valence-corrected chi connectivity index (χ4v) is 3.04. The molecule has 2 heterocycles. The monoisotopic (exact) mass is 347 g/mol. The van der Waals surface area contributed by atoms with Crippen LogP contribution in [0, 0.1) is 12.7 Å². The summed E-state index contributed by atoms with van der Waals surface area (Å²) in [7, 11) is 3.54. The molecular weight excluding hydrogens is 325 g/mol. The maximum atomic E-state index is 13.8. The van der Waals surface area contributed by atoms with Crippen molar-refractivity contribution in [3.8, 4) is 0 Å².